The SMILES string of the molecule is O=C(N1CCCC1)N1CC(S(=O)(=O)N2CCC(c3c[nH]c4ncccc34)CC2)C1. The van der Waals surface area contributed by atoms with Crippen LogP contribution in [0.3, 0.4) is 0 Å². The molecule has 5 heterocycles. The number of hydrogen-bond donors (Lipinski definition) is 1. The van der Waals surface area contributed by atoms with E-state index in [1.54, 1.807) is 15.4 Å². The van der Waals surface area contributed by atoms with Gasteiger partial charge in [-0.05, 0) is 49.3 Å². The van der Waals surface area contributed by atoms with E-state index in [0.29, 0.717) is 32.1 Å². The first-order chi connectivity index (χ1) is 14.0. The second-order valence-corrected chi connectivity index (χ2v) is 10.6. The van der Waals surface area contributed by atoms with Gasteiger partial charge in [-0.1, -0.05) is 0 Å². The number of urea groups is 1. The number of nitrogens with zero attached hydrogens (tertiary/aromatic N) is 4. The van der Waals surface area contributed by atoms with Crippen molar-refractivity contribution in [3.05, 3.63) is 30.1 Å². The normalized spacial score (nSPS) is 22.3. The zero-order chi connectivity index (χ0) is 20.0. The third-order valence-electron chi connectivity index (χ3n) is 6.65. The summed E-state index contributed by atoms with van der Waals surface area (Å²) in [4.78, 5) is 23.5. The molecule has 9 heteroatoms. The largest absolute Gasteiger partial charge is 0.346 e. The highest BCUT2D eigenvalue weighted by Crippen LogP contribution is 2.34. The number of carbonyl (C=O) groups excluding carboxylic acids is 1. The fourth-order valence-corrected chi connectivity index (χ4v) is 6.72. The Labute approximate surface area is 170 Å². The van der Waals surface area contributed by atoms with Gasteiger partial charge in [-0.15, -0.1) is 0 Å². The number of piperidine rings is 1. The second-order valence-electron chi connectivity index (χ2n) is 8.37. The molecule has 3 fully saturated rings. The number of amides is 2. The van der Waals surface area contributed by atoms with E-state index in [1.165, 1.54) is 5.56 Å². The first kappa shape index (κ1) is 18.9. The van der Waals surface area contributed by atoms with Crippen molar-refractivity contribution < 1.29 is 13.2 Å². The number of hydrogen-bond acceptors (Lipinski definition) is 4. The van der Waals surface area contributed by atoms with Gasteiger partial charge in [0.1, 0.15) is 10.9 Å². The monoisotopic (exact) mass is 417 g/mol. The molecule has 3 aliphatic rings. The Balaban J connectivity index is 1.19. The van der Waals surface area contributed by atoms with Gasteiger partial charge < -0.3 is 14.8 Å². The molecule has 8 nitrogen and oxygen atoms in total. The molecule has 156 valence electrons. The first-order valence-electron chi connectivity index (χ1n) is 10.5. The summed E-state index contributed by atoms with van der Waals surface area (Å²) in [7, 11) is -3.35. The van der Waals surface area contributed by atoms with Crippen molar-refractivity contribution in [2.24, 2.45) is 0 Å². The number of H-pyrrole nitrogens is 1. The lowest BCUT2D eigenvalue weighted by atomic mass is 9.90. The average molecular weight is 418 g/mol. The summed E-state index contributed by atoms with van der Waals surface area (Å²) in [5, 5.41) is 0.673. The zero-order valence-electron chi connectivity index (χ0n) is 16.5. The minimum Gasteiger partial charge on any atom is -0.346 e. The Morgan fingerprint density at radius 1 is 1.07 bits per heavy atom. The first-order valence-corrected chi connectivity index (χ1v) is 12.0. The van der Waals surface area contributed by atoms with Crippen molar-refractivity contribution in [2.75, 3.05) is 39.3 Å². The molecule has 0 aliphatic carbocycles. The van der Waals surface area contributed by atoms with Gasteiger partial charge in [0.15, 0.2) is 0 Å². The van der Waals surface area contributed by atoms with Crippen molar-refractivity contribution in [1.29, 1.82) is 0 Å². The van der Waals surface area contributed by atoms with Crippen LogP contribution in [0.4, 0.5) is 4.79 Å². The smallest absolute Gasteiger partial charge is 0.320 e. The van der Waals surface area contributed by atoms with Gasteiger partial charge in [0.2, 0.25) is 10.0 Å². The van der Waals surface area contributed by atoms with Crippen LogP contribution in [0.25, 0.3) is 11.0 Å². The van der Waals surface area contributed by atoms with Crippen LogP contribution in [-0.2, 0) is 10.0 Å². The number of nitrogens with one attached hydrogen (secondary N) is 1. The Morgan fingerprint density at radius 3 is 2.52 bits per heavy atom. The highest BCUT2D eigenvalue weighted by atomic mass is 32.2. The molecule has 1 N–H and O–H groups in total. The van der Waals surface area contributed by atoms with Gasteiger partial charge in [0, 0.05) is 57.0 Å². The van der Waals surface area contributed by atoms with Crippen LogP contribution in [0.5, 0.6) is 0 Å². The van der Waals surface area contributed by atoms with Crippen LogP contribution >= 0.6 is 0 Å². The van der Waals surface area contributed by atoms with Crippen LogP contribution in [0.1, 0.15) is 37.2 Å². The van der Waals surface area contributed by atoms with Crippen molar-refractivity contribution in [3.8, 4) is 0 Å². The van der Waals surface area contributed by atoms with Crippen LogP contribution in [0, 0.1) is 0 Å². The van der Waals surface area contributed by atoms with E-state index in [9.17, 15) is 13.2 Å². The summed E-state index contributed by atoms with van der Waals surface area (Å²) in [5.41, 5.74) is 2.12. The van der Waals surface area contributed by atoms with E-state index in [-0.39, 0.29) is 6.03 Å². The lowest BCUT2D eigenvalue weighted by Gasteiger charge is -2.43. The molecule has 29 heavy (non-hydrogen) atoms. The quantitative estimate of drug-likeness (QED) is 0.827. The molecule has 3 aliphatic heterocycles. The molecule has 2 amide bonds. The maximum Gasteiger partial charge on any atom is 0.320 e. The number of fused-ring (bicyclic) bond motifs is 1. The van der Waals surface area contributed by atoms with E-state index in [4.69, 9.17) is 0 Å². The maximum absolute atomic E-state index is 13.0. The van der Waals surface area contributed by atoms with E-state index >= 15 is 0 Å². The highest BCUT2D eigenvalue weighted by Gasteiger charge is 2.44. The van der Waals surface area contributed by atoms with Crippen LogP contribution in [0.2, 0.25) is 0 Å². The number of aromatic amines is 1. The van der Waals surface area contributed by atoms with E-state index in [2.05, 4.69) is 16.0 Å². The minimum atomic E-state index is -3.35. The molecule has 0 unspecified atom stereocenters. The third kappa shape index (κ3) is 3.30. The molecular weight excluding hydrogens is 390 g/mol. The lowest BCUT2D eigenvalue weighted by Crippen LogP contribution is -2.62. The molecule has 0 bridgehead atoms. The van der Waals surface area contributed by atoms with Gasteiger partial charge in [-0.2, -0.15) is 0 Å². The van der Waals surface area contributed by atoms with Gasteiger partial charge in [-0.3, -0.25) is 0 Å². The predicted molar refractivity (Wildman–Crippen MR) is 110 cm³/mol. The van der Waals surface area contributed by atoms with E-state index < -0.39 is 15.3 Å². The summed E-state index contributed by atoms with van der Waals surface area (Å²) in [6.45, 7) is 3.32. The molecule has 0 atom stereocenters. The average Bonchev–Trinajstić information content (AvgIpc) is 3.37. The van der Waals surface area contributed by atoms with Gasteiger partial charge in [-0.25, -0.2) is 22.5 Å². The number of pyridine rings is 1. The Hall–Kier alpha value is -2.13. The van der Waals surface area contributed by atoms with Gasteiger partial charge in [0.05, 0.1) is 0 Å². The highest BCUT2D eigenvalue weighted by molar-refractivity contribution is 7.89. The summed E-state index contributed by atoms with van der Waals surface area (Å²) >= 11 is 0. The van der Waals surface area contributed by atoms with Crippen molar-refractivity contribution >= 4 is 27.1 Å². The van der Waals surface area contributed by atoms with Crippen LogP contribution in [0.15, 0.2) is 24.5 Å². The van der Waals surface area contributed by atoms with E-state index in [1.807, 2.05) is 17.2 Å². The summed E-state index contributed by atoms with van der Waals surface area (Å²) in [6.07, 6.45) is 7.49. The second kappa shape index (κ2) is 7.28. The van der Waals surface area contributed by atoms with E-state index in [0.717, 1.165) is 49.8 Å². The summed E-state index contributed by atoms with van der Waals surface area (Å²) in [5.74, 6) is 0.342. The topological polar surface area (TPSA) is 89.6 Å². The Bertz CT molecular complexity index is 1000. The molecule has 0 radical (unpaired) electrons. The Kier molecular flexibility index (Phi) is 4.74. The molecule has 2 aromatic rings. The van der Waals surface area contributed by atoms with Crippen molar-refractivity contribution in [2.45, 2.75) is 36.9 Å². The standard InChI is InChI=1S/C20H27N5O3S/c26-20(23-8-1-2-9-23)24-13-16(14-24)29(27,28)25-10-5-15(6-11-25)18-12-22-19-17(18)4-3-7-21-19/h3-4,7,12,15-16H,1-2,5-6,8-11,13-14H2,(H,21,22). The maximum atomic E-state index is 13.0. The van der Waals surface area contributed by atoms with Gasteiger partial charge in [0.25, 0.3) is 0 Å². The van der Waals surface area contributed by atoms with Crippen LogP contribution in [-0.4, -0.2) is 83.0 Å². The fraction of sp³-hybridized carbons (Fsp3) is 0.600. The molecular formula is C20H27N5O3S. The predicted octanol–water partition coefficient (Wildman–Crippen LogP) is 1.97. The molecule has 2 aromatic heterocycles. The summed E-state index contributed by atoms with van der Waals surface area (Å²) in [6, 6.07) is 4.00. The van der Waals surface area contributed by atoms with Crippen LogP contribution < -0.4 is 0 Å². The van der Waals surface area contributed by atoms with Crippen molar-refractivity contribution in [3.63, 3.8) is 0 Å². The lowest BCUT2D eigenvalue weighted by molar-refractivity contribution is 0.134. The number of rotatable bonds is 3. The molecule has 0 spiro atoms. The molecule has 5 rings (SSSR count). The molecule has 3 saturated heterocycles. The number of aromatic nitrogens is 2. The zero-order valence-corrected chi connectivity index (χ0v) is 17.3. The minimum absolute atomic E-state index is 0.000559. The number of likely N-dealkylation sites (tertiary alicyclic amines) is 2. The third-order valence-corrected chi connectivity index (χ3v) is 8.88. The van der Waals surface area contributed by atoms with Gasteiger partial charge >= 0.3 is 6.03 Å². The fourth-order valence-electron chi connectivity index (χ4n) is 4.84. The number of sulfonamides is 1. The molecule has 0 aromatic carbocycles. The molecule has 0 saturated carbocycles. The Morgan fingerprint density at radius 2 is 1.79 bits per heavy atom. The summed E-state index contributed by atoms with van der Waals surface area (Å²) < 4.78 is 27.7. The number of carbonyl (C=O) groups is 1. The van der Waals surface area contributed by atoms with Crippen molar-refractivity contribution in [1.82, 2.24) is 24.1 Å².